The van der Waals surface area contributed by atoms with Crippen LogP contribution >= 0.6 is 0 Å². The molecule has 0 aliphatic carbocycles. The molecule has 5 atom stereocenters. The number of alkyl carbamates (subject to hydrolysis) is 1. The molecule has 0 unspecified atom stereocenters. The molecule has 0 bridgehead atoms. The Hall–Kier alpha value is -4.16. The van der Waals surface area contributed by atoms with Crippen molar-refractivity contribution in [3.8, 4) is 0 Å². The van der Waals surface area contributed by atoms with E-state index in [0.717, 1.165) is 5.56 Å². The molecule has 3 rings (SSSR count). The summed E-state index contributed by atoms with van der Waals surface area (Å²) in [5, 5.41) is 15.0. The Morgan fingerprint density at radius 3 is 2.42 bits per heavy atom. The molecule has 1 aromatic rings. The van der Waals surface area contributed by atoms with Gasteiger partial charge in [-0.05, 0) is 50.5 Å². The lowest BCUT2D eigenvalue weighted by Crippen LogP contribution is -2.60. The Labute approximate surface area is 251 Å². The van der Waals surface area contributed by atoms with E-state index in [4.69, 9.17) is 10.5 Å². The number of aliphatic carboxylic acids is 1. The Balaban J connectivity index is 1.74. The Kier molecular flexibility index (Phi) is 11.5. The minimum absolute atomic E-state index is 0.0346. The van der Waals surface area contributed by atoms with E-state index in [1.807, 2.05) is 13.0 Å². The smallest absolute Gasteiger partial charge is 0.408 e. The van der Waals surface area contributed by atoms with Crippen LogP contribution in [0.4, 0.5) is 4.79 Å². The maximum atomic E-state index is 13.9. The molecule has 2 saturated heterocycles. The van der Waals surface area contributed by atoms with Gasteiger partial charge in [0.1, 0.15) is 30.3 Å². The average molecular weight is 602 g/mol. The highest BCUT2D eigenvalue weighted by atomic mass is 16.5. The number of likely N-dealkylation sites (tertiary alicyclic amines) is 2. The van der Waals surface area contributed by atoms with E-state index in [1.54, 1.807) is 31.2 Å². The van der Waals surface area contributed by atoms with E-state index in [2.05, 4.69) is 10.6 Å². The molecule has 13 heteroatoms. The first-order chi connectivity index (χ1) is 20.4. The number of carbonyl (C=O) groups excluding carboxylic acids is 5. The van der Waals surface area contributed by atoms with Crippen molar-refractivity contribution < 1.29 is 38.6 Å². The normalized spacial score (nSPS) is 21.9. The number of carboxylic acids is 1. The second kappa shape index (κ2) is 14.8. The zero-order chi connectivity index (χ0) is 31.7. The number of rotatable bonds is 13. The van der Waals surface area contributed by atoms with Crippen molar-refractivity contribution in [3.63, 3.8) is 0 Å². The summed E-state index contributed by atoms with van der Waals surface area (Å²) < 4.78 is 5.24. The van der Waals surface area contributed by atoms with Crippen molar-refractivity contribution in [2.24, 2.45) is 11.7 Å². The average Bonchev–Trinajstić information content (AvgIpc) is 3.64. The van der Waals surface area contributed by atoms with E-state index in [1.165, 1.54) is 16.7 Å². The molecule has 2 heterocycles. The van der Waals surface area contributed by atoms with E-state index >= 15 is 0 Å². The summed E-state index contributed by atoms with van der Waals surface area (Å²) in [5.74, 6) is -3.67. The fourth-order valence-electron chi connectivity index (χ4n) is 5.58. The molecule has 5 N–H and O–H groups in total. The molecule has 0 radical (unpaired) electrons. The SMILES string of the molecule is CC[C@H](C)[C@H](NC(=O)[C@H](CCC(N)=O)NC(=O)OCc1ccccc1)C(=O)N1CCC[C@H]1C(=O)N1CCC[C@@]1(C)C(=O)O. The fraction of sp³-hybridized carbons (Fsp3) is 0.600. The first-order valence-electron chi connectivity index (χ1n) is 14.8. The monoisotopic (exact) mass is 601 g/mol. The van der Waals surface area contributed by atoms with Crippen LogP contribution in [0.1, 0.15) is 71.3 Å². The Bertz CT molecular complexity index is 1190. The van der Waals surface area contributed by atoms with Gasteiger partial charge >= 0.3 is 12.1 Å². The van der Waals surface area contributed by atoms with Crippen molar-refractivity contribution >= 4 is 35.7 Å². The van der Waals surface area contributed by atoms with Crippen LogP contribution in [0.15, 0.2) is 30.3 Å². The lowest BCUT2D eigenvalue weighted by Gasteiger charge is -2.37. The number of carboxylic acid groups (broad SMARTS) is 1. The number of ether oxygens (including phenoxy) is 1. The highest BCUT2D eigenvalue weighted by Gasteiger charge is 2.50. The molecule has 0 saturated carbocycles. The predicted molar refractivity (Wildman–Crippen MR) is 155 cm³/mol. The van der Waals surface area contributed by atoms with Gasteiger partial charge in [-0.3, -0.25) is 19.2 Å². The third-order valence-corrected chi connectivity index (χ3v) is 8.47. The minimum atomic E-state index is -1.34. The van der Waals surface area contributed by atoms with Crippen LogP contribution in [-0.4, -0.2) is 87.4 Å². The number of nitrogens with zero attached hydrogens (tertiary/aromatic N) is 2. The third-order valence-electron chi connectivity index (χ3n) is 8.47. The molecule has 5 amide bonds. The topological polar surface area (TPSA) is 188 Å². The van der Waals surface area contributed by atoms with Crippen LogP contribution in [0.25, 0.3) is 0 Å². The Morgan fingerprint density at radius 1 is 1.09 bits per heavy atom. The van der Waals surface area contributed by atoms with E-state index < -0.39 is 59.4 Å². The molecule has 2 fully saturated rings. The van der Waals surface area contributed by atoms with Gasteiger partial charge in [0.15, 0.2) is 0 Å². The van der Waals surface area contributed by atoms with Gasteiger partial charge in [0.2, 0.25) is 23.6 Å². The van der Waals surface area contributed by atoms with Crippen LogP contribution < -0.4 is 16.4 Å². The number of carbonyl (C=O) groups is 6. The number of benzene rings is 1. The third kappa shape index (κ3) is 8.23. The number of hydrogen-bond donors (Lipinski definition) is 4. The van der Waals surface area contributed by atoms with Crippen LogP contribution in [0.5, 0.6) is 0 Å². The van der Waals surface area contributed by atoms with Gasteiger partial charge in [-0.25, -0.2) is 9.59 Å². The van der Waals surface area contributed by atoms with E-state index in [-0.39, 0.29) is 31.9 Å². The second-order valence-electron chi connectivity index (χ2n) is 11.5. The van der Waals surface area contributed by atoms with E-state index in [9.17, 15) is 33.9 Å². The maximum absolute atomic E-state index is 13.9. The molecule has 43 heavy (non-hydrogen) atoms. The van der Waals surface area contributed by atoms with Crippen LogP contribution in [-0.2, 0) is 35.3 Å². The number of nitrogens with two attached hydrogens (primary N) is 1. The molecule has 13 nitrogen and oxygen atoms in total. The largest absolute Gasteiger partial charge is 0.480 e. The summed E-state index contributed by atoms with van der Waals surface area (Å²) in [6, 6.07) is 5.86. The number of hydrogen-bond acceptors (Lipinski definition) is 7. The highest BCUT2D eigenvalue weighted by molar-refractivity contribution is 5.96. The van der Waals surface area contributed by atoms with Gasteiger partial charge in [0.25, 0.3) is 0 Å². The number of primary amides is 1. The van der Waals surface area contributed by atoms with Gasteiger partial charge in [-0.2, -0.15) is 0 Å². The number of nitrogens with one attached hydrogen (secondary N) is 2. The van der Waals surface area contributed by atoms with Crippen molar-refractivity contribution in [2.45, 2.75) is 96.0 Å². The summed E-state index contributed by atoms with van der Waals surface area (Å²) in [4.78, 5) is 79.8. The summed E-state index contributed by atoms with van der Waals surface area (Å²) in [6.07, 6.45) is 1.14. The van der Waals surface area contributed by atoms with E-state index in [0.29, 0.717) is 38.6 Å². The molecule has 236 valence electrons. The first-order valence-corrected chi connectivity index (χ1v) is 14.8. The van der Waals surface area contributed by atoms with Crippen LogP contribution in [0, 0.1) is 5.92 Å². The fourth-order valence-corrected chi connectivity index (χ4v) is 5.58. The zero-order valence-electron chi connectivity index (χ0n) is 25.0. The van der Waals surface area contributed by atoms with Crippen molar-refractivity contribution in [2.75, 3.05) is 13.1 Å². The molecule has 1 aromatic carbocycles. The summed E-state index contributed by atoms with van der Waals surface area (Å²) in [5.41, 5.74) is 4.69. The minimum Gasteiger partial charge on any atom is -0.480 e. The van der Waals surface area contributed by atoms with Gasteiger partial charge < -0.3 is 36.0 Å². The van der Waals surface area contributed by atoms with Gasteiger partial charge in [0.05, 0.1) is 0 Å². The van der Waals surface area contributed by atoms with Crippen LogP contribution in [0.3, 0.4) is 0 Å². The maximum Gasteiger partial charge on any atom is 0.408 e. The van der Waals surface area contributed by atoms with Gasteiger partial charge in [0, 0.05) is 19.5 Å². The first kappa shape index (κ1) is 33.3. The van der Waals surface area contributed by atoms with Crippen molar-refractivity contribution in [1.29, 1.82) is 0 Å². The van der Waals surface area contributed by atoms with Gasteiger partial charge in [-0.15, -0.1) is 0 Å². The highest BCUT2D eigenvalue weighted by Crippen LogP contribution is 2.33. The second-order valence-corrected chi connectivity index (χ2v) is 11.5. The lowest BCUT2D eigenvalue weighted by molar-refractivity contribution is -0.158. The van der Waals surface area contributed by atoms with Crippen LogP contribution in [0.2, 0.25) is 0 Å². The standard InChI is InChI=1S/C30H43N5O8/c1-4-19(2)24(27(39)34-16-8-12-22(34)26(38)35-17-9-15-30(35,3)28(40)41)33-25(37)21(13-14-23(31)36)32-29(42)43-18-20-10-6-5-7-11-20/h5-7,10-11,19,21-22,24H,4,8-9,12-18H2,1-3H3,(H2,31,36)(H,32,42)(H,33,37)(H,40,41)/t19-,21-,22-,24-,30-/m0/s1. The predicted octanol–water partition coefficient (Wildman–Crippen LogP) is 1.53. The lowest BCUT2D eigenvalue weighted by atomic mass is 9.96. The molecule has 0 aromatic heterocycles. The molecule has 0 spiro atoms. The molecular weight excluding hydrogens is 558 g/mol. The summed E-state index contributed by atoms with van der Waals surface area (Å²) in [7, 11) is 0. The van der Waals surface area contributed by atoms with Crippen molar-refractivity contribution in [1.82, 2.24) is 20.4 Å². The van der Waals surface area contributed by atoms with Gasteiger partial charge in [-0.1, -0.05) is 50.6 Å². The quantitative estimate of drug-likeness (QED) is 0.262. The molecule has 2 aliphatic rings. The molecular formula is C30H43N5O8. The summed E-state index contributed by atoms with van der Waals surface area (Å²) >= 11 is 0. The summed E-state index contributed by atoms with van der Waals surface area (Å²) in [6.45, 7) is 5.71. The number of amides is 5. The van der Waals surface area contributed by atoms with Crippen molar-refractivity contribution in [3.05, 3.63) is 35.9 Å². The zero-order valence-corrected chi connectivity index (χ0v) is 25.0. The molecule has 2 aliphatic heterocycles. The Morgan fingerprint density at radius 2 is 1.79 bits per heavy atom.